The summed E-state index contributed by atoms with van der Waals surface area (Å²) in [6, 6.07) is 19.4. The number of pyridine rings is 1. The molecule has 2 aromatic carbocycles. The minimum atomic E-state index is -0.393. The standard InChI is InChI=1S/C30H34N2O4/c1-5-20(3)25(21(4)29(33)35-6-2)17-27-28-24(16-23-14-10-11-15-26(23)31-28)18-32(27)30(34)36-19-22-12-8-7-9-13-22/h7-16,21,25,27H,3,5-6,17-19H2,1-2,4H3. The van der Waals surface area contributed by atoms with Crippen molar-refractivity contribution in [3.63, 3.8) is 0 Å². The van der Waals surface area contributed by atoms with Gasteiger partial charge in [-0.1, -0.05) is 74.5 Å². The first-order valence-electron chi connectivity index (χ1n) is 12.6. The van der Waals surface area contributed by atoms with Gasteiger partial charge in [0.05, 0.1) is 36.3 Å². The third-order valence-electron chi connectivity index (χ3n) is 7.03. The number of carbonyl (C=O) groups excluding carboxylic acids is 2. The molecular weight excluding hydrogens is 452 g/mol. The van der Waals surface area contributed by atoms with Crippen molar-refractivity contribution in [3.8, 4) is 0 Å². The second-order valence-electron chi connectivity index (χ2n) is 9.30. The summed E-state index contributed by atoms with van der Waals surface area (Å²) in [5, 5.41) is 1.03. The number of benzene rings is 2. The molecule has 0 saturated carbocycles. The van der Waals surface area contributed by atoms with Crippen LogP contribution in [0.15, 0.2) is 72.8 Å². The molecule has 0 fully saturated rings. The zero-order chi connectivity index (χ0) is 25.7. The number of rotatable bonds is 9. The van der Waals surface area contributed by atoms with Crippen molar-refractivity contribution in [3.05, 3.63) is 89.6 Å². The predicted molar refractivity (Wildman–Crippen MR) is 140 cm³/mol. The number of nitrogens with zero attached hydrogens (tertiary/aromatic N) is 2. The first kappa shape index (κ1) is 25.4. The molecule has 0 bridgehead atoms. The molecule has 3 atom stereocenters. The number of fused-ring (bicyclic) bond motifs is 2. The monoisotopic (exact) mass is 486 g/mol. The number of ether oxygens (including phenoxy) is 2. The number of hydrogen-bond acceptors (Lipinski definition) is 5. The van der Waals surface area contributed by atoms with E-state index < -0.39 is 6.09 Å². The number of amides is 1. The van der Waals surface area contributed by atoms with E-state index in [1.54, 1.807) is 11.8 Å². The molecule has 1 aliphatic rings. The minimum Gasteiger partial charge on any atom is -0.466 e. The first-order valence-corrected chi connectivity index (χ1v) is 12.6. The SMILES string of the molecule is C=C(CC)C(CC1c2nc3ccccc3cc2CN1C(=O)OCc1ccccc1)C(C)C(=O)OCC. The Balaban J connectivity index is 1.66. The van der Waals surface area contributed by atoms with Crippen LogP contribution in [0.2, 0.25) is 0 Å². The Morgan fingerprint density at radius 3 is 2.53 bits per heavy atom. The summed E-state index contributed by atoms with van der Waals surface area (Å²) in [6.45, 7) is 10.9. The summed E-state index contributed by atoms with van der Waals surface area (Å²) in [5.74, 6) is -0.799. The Morgan fingerprint density at radius 1 is 1.08 bits per heavy atom. The van der Waals surface area contributed by atoms with E-state index in [0.29, 0.717) is 19.6 Å². The molecule has 0 radical (unpaired) electrons. The second kappa shape index (κ2) is 11.4. The first-order chi connectivity index (χ1) is 17.4. The van der Waals surface area contributed by atoms with Gasteiger partial charge < -0.3 is 9.47 Å². The lowest BCUT2D eigenvalue weighted by molar-refractivity contribution is -0.149. The van der Waals surface area contributed by atoms with E-state index in [1.807, 2.05) is 68.4 Å². The number of hydrogen-bond donors (Lipinski definition) is 0. The third-order valence-corrected chi connectivity index (χ3v) is 7.03. The highest BCUT2D eigenvalue weighted by Gasteiger charge is 2.40. The molecule has 4 rings (SSSR count). The van der Waals surface area contributed by atoms with Gasteiger partial charge in [-0.25, -0.2) is 4.79 Å². The zero-order valence-electron chi connectivity index (χ0n) is 21.3. The lowest BCUT2D eigenvalue weighted by Gasteiger charge is -2.31. The van der Waals surface area contributed by atoms with Crippen LogP contribution in [0, 0.1) is 11.8 Å². The quantitative estimate of drug-likeness (QED) is 0.252. The Morgan fingerprint density at radius 2 is 1.81 bits per heavy atom. The van der Waals surface area contributed by atoms with E-state index in [2.05, 4.69) is 12.6 Å². The average molecular weight is 487 g/mol. The van der Waals surface area contributed by atoms with Crippen molar-refractivity contribution < 1.29 is 19.1 Å². The fourth-order valence-electron chi connectivity index (χ4n) is 4.93. The van der Waals surface area contributed by atoms with Crippen molar-refractivity contribution in [2.24, 2.45) is 11.8 Å². The molecule has 1 amide bonds. The largest absolute Gasteiger partial charge is 0.466 e. The molecule has 188 valence electrons. The van der Waals surface area contributed by atoms with Crippen LogP contribution in [-0.2, 0) is 27.4 Å². The molecule has 3 unspecified atom stereocenters. The summed E-state index contributed by atoms with van der Waals surface area (Å²) >= 11 is 0. The maximum Gasteiger partial charge on any atom is 0.410 e. The Kier molecular flexibility index (Phi) is 8.04. The minimum absolute atomic E-state index is 0.164. The van der Waals surface area contributed by atoms with E-state index in [9.17, 15) is 9.59 Å². The molecule has 0 aliphatic carbocycles. The van der Waals surface area contributed by atoms with Gasteiger partial charge in [0.1, 0.15) is 6.61 Å². The molecule has 1 aromatic heterocycles. The number of para-hydroxylation sites is 1. The summed E-state index contributed by atoms with van der Waals surface area (Å²) in [5.41, 5.74) is 4.62. The number of aromatic nitrogens is 1. The maximum atomic E-state index is 13.4. The van der Waals surface area contributed by atoms with Crippen molar-refractivity contribution in [1.82, 2.24) is 9.88 Å². The molecule has 2 heterocycles. The normalized spacial score (nSPS) is 16.3. The van der Waals surface area contributed by atoms with Crippen LogP contribution in [0.5, 0.6) is 0 Å². The molecule has 36 heavy (non-hydrogen) atoms. The van der Waals surface area contributed by atoms with Gasteiger partial charge in [-0.3, -0.25) is 14.7 Å². The summed E-state index contributed by atoms with van der Waals surface area (Å²) in [7, 11) is 0. The molecular formula is C30H34N2O4. The van der Waals surface area contributed by atoms with E-state index in [0.717, 1.165) is 39.7 Å². The second-order valence-corrected chi connectivity index (χ2v) is 9.30. The lowest BCUT2D eigenvalue weighted by Crippen LogP contribution is -2.34. The van der Waals surface area contributed by atoms with Crippen molar-refractivity contribution >= 4 is 23.0 Å². The van der Waals surface area contributed by atoms with Crippen LogP contribution < -0.4 is 0 Å². The van der Waals surface area contributed by atoms with Gasteiger partial charge in [-0.15, -0.1) is 0 Å². The van der Waals surface area contributed by atoms with Gasteiger partial charge in [-0.05, 0) is 48.9 Å². The van der Waals surface area contributed by atoms with Crippen LogP contribution in [0.25, 0.3) is 10.9 Å². The van der Waals surface area contributed by atoms with Gasteiger partial charge in [0, 0.05) is 5.39 Å². The van der Waals surface area contributed by atoms with Crippen molar-refractivity contribution in [2.75, 3.05) is 6.61 Å². The van der Waals surface area contributed by atoms with Crippen molar-refractivity contribution in [2.45, 2.75) is 52.8 Å². The van der Waals surface area contributed by atoms with E-state index >= 15 is 0 Å². The van der Waals surface area contributed by atoms with Gasteiger partial charge in [0.15, 0.2) is 0 Å². The van der Waals surface area contributed by atoms with E-state index in [1.165, 1.54) is 0 Å². The maximum absolute atomic E-state index is 13.4. The molecule has 1 aliphatic heterocycles. The summed E-state index contributed by atoms with van der Waals surface area (Å²) < 4.78 is 11.1. The molecule has 0 spiro atoms. The van der Waals surface area contributed by atoms with Crippen LogP contribution in [-0.4, -0.2) is 28.6 Å². The molecule has 0 saturated heterocycles. The van der Waals surface area contributed by atoms with Crippen LogP contribution >= 0.6 is 0 Å². The van der Waals surface area contributed by atoms with Crippen LogP contribution in [0.1, 0.15) is 56.5 Å². The third kappa shape index (κ3) is 5.43. The van der Waals surface area contributed by atoms with Crippen LogP contribution in [0.4, 0.5) is 4.79 Å². The summed E-state index contributed by atoms with van der Waals surface area (Å²) in [6.07, 6.45) is 0.860. The number of allylic oxidation sites excluding steroid dienone is 1. The predicted octanol–water partition coefficient (Wildman–Crippen LogP) is 6.60. The van der Waals surface area contributed by atoms with Crippen LogP contribution in [0.3, 0.4) is 0 Å². The fraction of sp³-hybridized carbons (Fsp3) is 0.367. The van der Waals surface area contributed by atoms with Gasteiger partial charge >= 0.3 is 12.1 Å². The average Bonchev–Trinajstić information content (AvgIpc) is 3.25. The Bertz CT molecular complexity index is 1240. The highest BCUT2D eigenvalue weighted by Crippen LogP contribution is 2.42. The molecule has 6 heteroatoms. The molecule has 6 nitrogen and oxygen atoms in total. The highest BCUT2D eigenvalue weighted by atomic mass is 16.6. The van der Waals surface area contributed by atoms with E-state index in [-0.39, 0.29) is 30.5 Å². The lowest BCUT2D eigenvalue weighted by atomic mass is 9.81. The topological polar surface area (TPSA) is 68.7 Å². The summed E-state index contributed by atoms with van der Waals surface area (Å²) in [4.78, 5) is 32.8. The van der Waals surface area contributed by atoms with Crippen molar-refractivity contribution in [1.29, 1.82) is 0 Å². The van der Waals surface area contributed by atoms with Gasteiger partial charge in [0.25, 0.3) is 0 Å². The Hall–Kier alpha value is -3.67. The zero-order valence-corrected chi connectivity index (χ0v) is 21.3. The van der Waals surface area contributed by atoms with Gasteiger partial charge in [0.2, 0.25) is 0 Å². The fourth-order valence-corrected chi connectivity index (χ4v) is 4.93. The highest BCUT2D eigenvalue weighted by molar-refractivity contribution is 5.80. The van der Waals surface area contributed by atoms with Gasteiger partial charge in [-0.2, -0.15) is 0 Å². The molecule has 3 aromatic rings. The number of carbonyl (C=O) groups is 2. The number of esters is 1. The Labute approximate surface area is 212 Å². The molecule has 0 N–H and O–H groups in total. The van der Waals surface area contributed by atoms with E-state index in [4.69, 9.17) is 14.5 Å². The smallest absolute Gasteiger partial charge is 0.410 e.